The summed E-state index contributed by atoms with van der Waals surface area (Å²) in [5.41, 5.74) is 0.283. The van der Waals surface area contributed by atoms with Crippen LogP contribution in [0, 0.1) is 17.8 Å². The van der Waals surface area contributed by atoms with Gasteiger partial charge in [0.05, 0.1) is 11.5 Å². The number of nitrogens with zero attached hydrogens (tertiary/aromatic N) is 1. The van der Waals surface area contributed by atoms with E-state index >= 15 is 0 Å². The van der Waals surface area contributed by atoms with Gasteiger partial charge in [-0.25, -0.2) is 0 Å². The van der Waals surface area contributed by atoms with Crippen LogP contribution in [0.25, 0.3) is 0 Å². The Morgan fingerprint density at radius 1 is 1.17 bits per heavy atom. The molecule has 94 valence electrons. The van der Waals surface area contributed by atoms with Crippen LogP contribution < -0.4 is 0 Å². The van der Waals surface area contributed by atoms with Gasteiger partial charge in [0.1, 0.15) is 5.75 Å². The lowest BCUT2D eigenvalue weighted by atomic mass is 10.1. The number of carbonyl (C=O) groups is 2. The van der Waals surface area contributed by atoms with Crippen molar-refractivity contribution in [1.29, 1.82) is 0 Å². The summed E-state index contributed by atoms with van der Waals surface area (Å²) in [6, 6.07) is 6.41. The average Bonchev–Trinajstić information content (AvgIpc) is 2.86. The maximum absolute atomic E-state index is 12.1. The van der Waals surface area contributed by atoms with Crippen LogP contribution in [-0.2, 0) is 4.79 Å². The normalized spacial score (nSPS) is 28.9. The van der Waals surface area contributed by atoms with Crippen molar-refractivity contribution >= 4 is 11.9 Å². The monoisotopic (exact) mass is 247 g/mol. The topological polar surface area (TPSA) is 77.8 Å². The summed E-state index contributed by atoms with van der Waals surface area (Å²) < 4.78 is 0. The van der Waals surface area contributed by atoms with Gasteiger partial charge in [0.2, 0.25) is 0 Å². The highest BCUT2D eigenvalue weighted by Crippen LogP contribution is 2.52. The van der Waals surface area contributed by atoms with Crippen molar-refractivity contribution in [3.63, 3.8) is 0 Å². The zero-order valence-corrected chi connectivity index (χ0v) is 9.61. The van der Waals surface area contributed by atoms with Crippen molar-refractivity contribution in [2.45, 2.75) is 0 Å². The molecule has 1 aliphatic carbocycles. The molecule has 2 fully saturated rings. The van der Waals surface area contributed by atoms with E-state index in [9.17, 15) is 14.7 Å². The van der Waals surface area contributed by atoms with Crippen LogP contribution in [0.15, 0.2) is 24.3 Å². The van der Waals surface area contributed by atoms with Crippen LogP contribution in [0.4, 0.5) is 0 Å². The zero-order chi connectivity index (χ0) is 12.9. The van der Waals surface area contributed by atoms with Gasteiger partial charge in [-0.05, 0) is 24.0 Å². The second-order valence-corrected chi connectivity index (χ2v) is 4.92. The van der Waals surface area contributed by atoms with E-state index in [4.69, 9.17) is 5.11 Å². The Hall–Kier alpha value is -2.04. The van der Waals surface area contributed by atoms with Crippen molar-refractivity contribution in [2.75, 3.05) is 13.1 Å². The largest absolute Gasteiger partial charge is 0.507 e. The third kappa shape index (κ3) is 1.54. The van der Waals surface area contributed by atoms with Gasteiger partial charge in [-0.15, -0.1) is 0 Å². The molecule has 1 aromatic rings. The number of amides is 1. The van der Waals surface area contributed by atoms with Crippen molar-refractivity contribution in [3.05, 3.63) is 29.8 Å². The standard InChI is InChI=1S/C13H13NO4/c15-10-4-2-1-3-7(10)12(16)14-5-8-9(6-14)11(8)13(17)18/h1-4,8-9,11,15H,5-6H2,(H,17,18)/t8-,9+,11?. The minimum absolute atomic E-state index is 0.0298. The van der Waals surface area contributed by atoms with Crippen LogP contribution in [0.3, 0.4) is 0 Å². The van der Waals surface area contributed by atoms with E-state index in [1.54, 1.807) is 23.1 Å². The Morgan fingerprint density at radius 3 is 2.33 bits per heavy atom. The maximum atomic E-state index is 12.1. The molecule has 0 spiro atoms. The number of carboxylic acids is 1. The Bertz CT molecular complexity index is 515. The molecular weight excluding hydrogens is 234 g/mol. The highest BCUT2D eigenvalue weighted by Gasteiger charge is 2.60. The lowest BCUT2D eigenvalue weighted by Crippen LogP contribution is -2.32. The van der Waals surface area contributed by atoms with Gasteiger partial charge in [-0.1, -0.05) is 12.1 Å². The molecule has 3 atom stereocenters. The molecule has 1 aromatic carbocycles. The molecule has 1 saturated heterocycles. The number of phenolic OH excluding ortho intramolecular Hbond substituents is 1. The van der Waals surface area contributed by atoms with Crippen LogP contribution in [0.5, 0.6) is 5.75 Å². The predicted molar refractivity (Wildman–Crippen MR) is 62.1 cm³/mol. The third-order valence-electron chi connectivity index (χ3n) is 3.90. The van der Waals surface area contributed by atoms with E-state index in [-0.39, 0.29) is 35.0 Å². The van der Waals surface area contributed by atoms with Crippen LogP contribution in [-0.4, -0.2) is 40.1 Å². The van der Waals surface area contributed by atoms with Gasteiger partial charge < -0.3 is 15.1 Å². The Kier molecular flexibility index (Phi) is 2.29. The molecule has 5 nitrogen and oxygen atoms in total. The molecule has 0 aromatic heterocycles. The minimum atomic E-state index is -0.764. The lowest BCUT2D eigenvalue weighted by Gasteiger charge is -2.19. The number of para-hydroxylation sites is 1. The first-order valence-corrected chi connectivity index (χ1v) is 5.89. The first-order valence-electron chi connectivity index (χ1n) is 5.89. The van der Waals surface area contributed by atoms with Crippen molar-refractivity contribution in [2.24, 2.45) is 17.8 Å². The molecule has 5 heteroatoms. The molecule has 1 aliphatic heterocycles. The number of carbonyl (C=O) groups excluding carboxylic acids is 1. The van der Waals surface area contributed by atoms with Gasteiger partial charge in [-0.3, -0.25) is 9.59 Å². The summed E-state index contributed by atoms with van der Waals surface area (Å²) in [5, 5.41) is 18.5. The molecule has 1 unspecified atom stereocenters. The van der Waals surface area contributed by atoms with Crippen LogP contribution in [0.1, 0.15) is 10.4 Å². The van der Waals surface area contributed by atoms with Gasteiger partial charge in [0.15, 0.2) is 0 Å². The summed E-state index contributed by atoms with van der Waals surface area (Å²) in [5.74, 6) is -1.10. The number of carboxylic acid groups (broad SMARTS) is 1. The minimum Gasteiger partial charge on any atom is -0.507 e. The number of phenols is 1. The molecule has 18 heavy (non-hydrogen) atoms. The summed E-state index contributed by atoms with van der Waals surface area (Å²) in [4.78, 5) is 24.6. The molecule has 2 N–H and O–H groups in total. The number of fused-ring (bicyclic) bond motifs is 1. The Labute approximate surface area is 104 Å². The second kappa shape index (κ2) is 3.73. The number of aliphatic carboxylic acids is 1. The van der Waals surface area contributed by atoms with E-state index in [1.165, 1.54) is 6.07 Å². The number of likely N-dealkylation sites (tertiary alicyclic amines) is 1. The highest BCUT2D eigenvalue weighted by molar-refractivity contribution is 5.97. The number of piperidine rings is 1. The zero-order valence-electron chi connectivity index (χ0n) is 9.61. The SMILES string of the molecule is O=C(O)C1[C@H]2CN(C(=O)c3ccccc3O)C[C@@H]12. The van der Waals surface area contributed by atoms with E-state index in [0.29, 0.717) is 13.1 Å². The highest BCUT2D eigenvalue weighted by atomic mass is 16.4. The fraction of sp³-hybridized carbons (Fsp3) is 0.385. The van der Waals surface area contributed by atoms with Crippen molar-refractivity contribution < 1.29 is 19.8 Å². The molecular formula is C13H13NO4. The molecule has 1 amide bonds. The second-order valence-electron chi connectivity index (χ2n) is 4.92. The third-order valence-corrected chi connectivity index (χ3v) is 3.90. The quantitative estimate of drug-likeness (QED) is 0.810. The number of benzene rings is 1. The number of rotatable bonds is 2. The summed E-state index contributed by atoms with van der Waals surface area (Å²) >= 11 is 0. The van der Waals surface area contributed by atoms with E-state index in [2.05, 4.69) is 0 Å². The van der Waals surface area contributed by atoms with Crippen LogP contribution in [0.2, 0.25) is 0 Å². The maximum Gasteiger partial charge on any atom is 0.307 e. The number of aromatic hydroxyl groups is 1. The fourth-order valence-electron chi connectivity index (χ4n) is 2.88. The van der Waals surface area contributed by atoms with E-state index in [0.717, 1.165) is 0 Å². The summed E-state index contributed by atoms with van der Waals surface area (Å²) in [6.45, 7) is 0.962. The fourth-order valence-corrected chi connectivity index (χ4v) is 2.88. The van der Waals surface area contributed by atoms with Gasteiger partial charge in [0.25, 0.3) is 5.91 Å². The first-order chi connectivity index (χ1) is 8.59. The predicted octanol–water partition coefficient (Wildman–Crippen LogP) is 0.795. The van der Waals surface area contributed by atoms with Crippen molar-refractivity contribution in [3.8, 4) is 5.75 Å². The molecule has 0 bridgehead atoms. The molecule has 1 heterocycles. The number of hydrogen-bond donors (Lipinski definition) is 2. The van der Waals surface area contributed by atoms with E-state index in [1.807, 2.05) is 0 Å². The number of hydrogen-bond acceptors (Lipinski definition) is 3. The van der Waals surface area contributed by atoms with Gasteiger partial charge >= 0.3 is 5.97 Å². The average molecular weight is 247 g/mol. The first kappa shape index (κ1) is 11.1. The molecule has 3 rings (SSSR count). The summed E-state index contributed by atoms with van der Waals surface area (Å²) in [6.07, 6.45) is 0. The van der Waals surface area contributed by atoms with E-state index < -0.39 is 5.97 Å². The molecule has 1 saturated carbocycles. The van der Waals surface area contributed by atoms with Gasteiger partial charge in [-0.2, -0.15) is 0 Å². The van der Waals surface area contributed by atoms with Crippen molar-refractivity contribution in [1.82, 2.24) is 4.90 Å². The Morgan fingerprint density at radius 2 is 1.78 bits per heavy atom. The molecule has 2 aliphatic rings. The van der Waals surface area contributed by atoms with Gasteiger partial charge in [0, 0.05) is 13.1 Å². The lowest BCUT2D eigenvalue weighted by molar-refractivity contribution is -0.139. The van der Waals surface area contributed by atoms with Crippen LogP contribution >= 0.6 is 0 Å². The summed E-state index contributed by atoms with van der Waals surface area (Å²) in [7, 11) is 0. The smallest absolute Gasteiger partial charge is 0.307 e. The molecule has 0 radical (unpaired) electrons. The Balaban J connectivity index is 1.71.